The number of sulfone groups is 1. The minimum absolute atomic E-state index is 0.292. The van der Waals surface area contributed by atoms with Gasteiger partial charge in [0.05, 0.1) is 5.75 Å². The average molecular weight is 185 g/mol. The molecule has 1 rings (SSSR count). The van der Waals surface area contributed by atoms with Crippen LogP contribution in [0.1, 0.15) is 6.92 Å². The molecule has 2 nitrogen and oxygen atoms in total. The fraction of sp³-hybridized carbons (Fsp3) is 1.00. The van der Waals surface area contributed by atoms with Gasteiger partial charge in [0.25, 0.3) is 0 Å². The molecule has 1 saturated heterocycles. The molecule has 0 aromatic heterocycles. The third-order valence-electron chi connectivity index (χ3n) is 1.01. The predicted molar refractivity (Wildman–Crippen MR) is 31.1 cm³/mol. The number of alkyl halides is 1. The van der Waals surface area contributed by atoms with E-state index in [0.717, 1.165) is 0 Å². The van der Waals surface area contributed by atoms with Crippen LogP contribution in [0, 0.1) is 0 Å². The molecular weight excluding hydrogens is 180 g/mol. The highest BCUT2D eigenvalue weighted by Gasteiger charge is 2.55. The van der Waals surface area contributed by atoms with Crippen LogP contribution in [0.15, 0.2) is 0 Å². The number of halogens is 1. The van der Waals surface area contributed by atoms with Crippen molar-refractivity contribution in [1.82, 2.24) is 0 Å². The first-order valence-corrected chi connectivity index (χ1v) is 4.31. The minimum Gasteiger partial charge on any atom is -0.227 e. The zero-order valence-electron chi connectivity index (χ0n) is 3.81. The van der Waals surface area contributed by atoms with E-state index >= 15 is 0 Å². The zero-order valence-corrected chi connectivity index (χ0v) is 6.21. The Hall–Kier alpha value is 0.430. The molecule has 7 heavy (non-hydrogen) atoms. The van der Waals surface area contributed by atoms with Crippen molar-refractivity contribution in [2.24, 2.45) is 0 Å². The van der Waals surface area contributed by atoms with Crippen LogP contribution in [-0.2, 0) is 9.84 Å². The van der Waals surface area contributed by atoms with Gasteiger partial charge in [0.1, 0.15) is 3.66 Å². The Morgan fingerprint density at radius 3 is 1.86 bits per heavy atom. The molecule has 4 heteroatoms. The largest absolute Gasteiger partial charge is 0.227 e. The standard InChI is InChI=1S/C3H5BrO2S/c1-3(4)2-7(3,5)6/h2H2,1H3. The lowest BCUT2D eigenvalue weighted by Gasteiger charge is -1.80. The Morgan fingerprint density at radius 1 is 1.71 bits per heavy atom. The smallest absolute Gasteiger partial charge is 0.169 e. The van der Waals surface area contributed by atoms with Gasteiger partial charge in [-0.1, -0.05) is 15.9 Å². The molecule has 1 atom stereocenters. The summed E-state index contributed by atoms with van der Waals surface area (Å²) < 4.78 is 20.1. The first kappa shape index (κ1) is 5.56. The summed E-state index contributed by atoms with van der Waals surface area (Å²) in [4.78, 5) is 0. The van der Waals surface area contributed by atoms with Crippen molar-refractivity contribution in [1.29, 1.82) is 0 Å². The van der Waals surface area contributed by atoms with Crippen LogP contribution in [0.2, 0.25) is 0 Å². The van der Waals surface area contributed by atoms with E-state index in [0.29, 0.717) is 5.75 Å². The Labute approximate surface area is 51.0 Å². The molecule has 0 radical (unpaired) electrons. The van der Waals surface area contributed by atoms with E-state index in [2.05, 4.69) is 15.9 Å². The second-order valence-electron chi connectivity index (χ2n) is 1.86. The molecule has 1 fully saturated rings. The van der Waals surface area contributed by atoms with Gasteiger partial charge in [-0.3, -0.25) is 0 Å². The van der Waals surface area contributed by atoms with E-state index < -0.39 is 13.5 Å². The lowest BCUT2D eigenvalue weighted by molar-refractivity contribution is 0.612. The average Bonchev–Trinajstić information content (AvgIpc) is 1.63. The highest BCUT2D eigenvalue weighted by atomic mass is 79.9. The molecule has 0 aromatic rings. The normalized spacial score (nSPS) is 46.0. The van der Waals surface area contributed by atoms with Crippen LogP contribution in [-0.4, -0.2) is 17.8 Å². The highest BCUT2D eigenvalue weighted by molar-refractivity contribution is 9.12. The lowest BCUT2D eigenvalue weighted by Crippen LogP contribution is -1.90. The molecule has 0 amide bonds. The Bertz CT molecular complexity index is 179. The molecular formula is C3H5BrO2S. The number of hydrogen-bond acceptors (Lipinski definition) is 2. The minimum atomic E-state index is -2.68. The maximum absolute atomic E-state index is 10.3. The third-order valence-corrected chi connectivity index (χ3v) is 5.19. The van der Waals surface area contributed by atoms with Gasteiger partial charge < -0.3 is 0 Å². The van der Waals surface area contributed by atoms with Gasteiger partial charge in [-0.2, -0.15) is 0 Å². The van der Waals surface area contributed by atoms with Crippen molar-refractivity contribution in [3.63, 3.8) is 0 Å². The van der Waals surface area contributed by atoms with Crippen molar-refractivity contribution < 1.29 is 8.42 Å². The quantitative estimate of drug-likeness (QED) is 0.407. The van der Waals surface area contributed by atoms with Crippen molar-refractivity contribution in [2.45, 2.75) is 10.6 Å². The molecule has 42 valence electrons. The van der Waals surface area contributed by atoms with Crippen LogP contribution in [0.5, 0.6) is 0 Å². The molecule has 0 aliphatic carbocycles. The lowest BCUT2D eigenvalue weighted by atomic mass is 10.6. The second kappa shape index (κ2) is 1.05. The van der Waals surface area contributed by atoms with Crippen LogP contribution in [0.3, 0.4) is 0 Å². The summed E-state index contributed by atoms with van der Waals surface area (Å²) in [6, 6.07) is 0. The zero-order chi connectivity index (χ0) is 5.71. The monoisotopic (exact) mass is 184 g/mol. The van der Waals surface area contributed by atoms with E-state index in [1.54, 1.807) is 6.92 Å². The summed E-state index contributed by atoms with van der Waals surface area (Å²) in [6.45, 7) is 1.66. The van der Waals surface area contributed by atoms with Gasteiger partial charge in [-0.15, -0.1) is 0 Å². The number of rotatable bonds is 0. The van der Waals surface area contributed by atoms with E-state index in [1.165, 1.54) is 0 Å². The molecule has 0 spiro atoms. The van der Waals surface area contributed by atoms with Gasteiger partial charge in [-0.05, 0) is 6.92 Å². The Kier molecular flexibility index (Phi) is 0.836. The maximum Gasteiger partial charge on any atom is 0.169 e. The summed E-state index contributed by atoms with van der Waals surface area (Å²) in [5, 5.41) is 0. The van der Waals surface area contributed by atoms with Crippen LogP contribution < -0.4 is 0 Å². The first-order chi connectivity index (χ1) is 2.96. The van der Waals surface area contributed by atoms with Crippen molar-refractivity contribution in [3.05, 3.63) is 0 Å². The molecule has 1 aliphatic rings. The summed E-state index contributed by atoms with van der Waals surface area (Å²) in [7, 11) is -2.68. The van der Waals surface area contributed by atoms with E-state index in [1.807, 2.05) is 0 Å². The van der Waals surface area contributed by atoms with Gasteiger partial charge in [0.2, 0.25) is 0 Å². The van der Waals surface area contributed by atoms with E-state index in [9.17, 15) is 8.42 Å². The van der Waals surface area contributed by atoms with Crippen molar-refractivity contribution >= 4 is 25.8 Å². The maximum atomic E-state index is 10.3. The van der Waals surface area contributed by atoms with Gasteiger partial charge >= 0.3 is 0 Å². The van der Waals surface area contributed by atoms with Gasteiger partial charge in [0.15, 0.2) is 9.84 Å². The molecule has 1 heterocycles. The second-order valence-corrected chi connectivity index (χ2v) is 6.56. The third kappa shape index (κ3) is 0.700. The highest BCUT2D eigenvalue weighted by Crippen LogP contribution is 2.41. The summed E-state index contributed by atoms with van der Waals surface area (Å²) >= 11 is 3.02. The molecule has 0 bridgehead atoms. The van der Waals surface area contributed by atoms with Crippen molar-refractivity contribution in [2.75, 3.05) is 5.75 Å². The predicted octanol–water partition coefficient (Wildman–Crippen LogP) is 0.526. The molecule has 1 aliphatic heterocycles. The first-order valence-electron chi connectivity index (χ1n) is 1.87. The Balaban J connectivity index is 3.00. The van der Waals surface area contributed by atoms with Crippen LogP contribution in [0.25, 0.3) is 0 Å². The fourth-order valence-corrected chi connectivity index (χ4v) is 2.12. The van der Waals surface area contributed by atoms with Gasteiger partial charge in [0, 0.05) is 0 Å². The summed E-state index contributed by atoms with van der Waals surface area (Å²) in [5.74, 6) is 0.292. The SMILES string of the molecule is CC1(Br)CS1(=O)=O. The van der Waals surface area contributed by atoms with Gasteiger partial charge in [-0.25, -0.2) is 8.42 Å². The summed E-state index contributed by atoms with van der Waals surface area (Å²) in [5.41, 5.74) is 0. The van der Waals surface area contributed by atoms with Crippen molar-refractivity contribution in [3.8, 4) is 0 Å². The summed E-state index contributed by atoms with van der Waals surface area (Å²) in [6.07, 6.45) is 0. The topological polar surface area (TPSA) is 34.1 Å². The Morgan fingerprint density at radius 2 is 1.86 bits per heavy atom. The van der Waals surface area contributed by atoms with E-state index in [4.69, 9.17) is 0 Å². The molecule has 0 aromatic carbocycles. The number of hydrogen-bond donors (Lipinski definition) is 0. The van der Waals surface area contributed by atoms with E-state index in [-0.39, 0.29) is 0 Å². The molecule has 0 saturated carbocycles. The molecule has 0 N–H and O–H groups in total. The fourth-order valence-electron chi connectivity index (χ4n) is 0.310. The van der Waals surface area contributed by atoms with Crippen LogP contribution in [0.4, 0.5) is 0 Å². The van der Waals surface area contributed by atoms with Crippen LogP contribution >= 0.6 is 15.9 Å². The molecule has 1 unspecified atom stereocenters.